The molecule has 1 aliphatic rings. The Labute approximate surface area is 246 Å². The van der Waals surface area contributed by atoms with Gasteiger partial charge in [0.05, 0.1) is 0 Å². The van der Waals surface area contributed by atoms with Crippen LogP contribution in [0.1, 0.15) is 52.2 Å². The molecule has 2 N–H and O–H groups in total. The van der Waals surface area contributed by atoms with E-state index >= 15 is 0 Å². The molecule has 0 unspecified atom stereocenters. The van der Waals surface area contributed by atoms with E-state index in [2.05, 4.69) is 15.6 Å². The summed E-state index contributed by atoms with van der Waals surface area (Å²) in [6.07, 6.45) is 3.98. The van der Waals surface area contributed by atoms with Crippen molar-refractivity contribution in [1.29, 1.82) is 0 Å². The Bertz CT molecular complexity index is 1450. The number of aryl methyl sites for hydroxylation is 1. The molecule has 0 atom stereocenters. The fourth-order valence-corrected chi connectivity index (χ4v) is 5.09. The number of pyridine rings is 1. The third-order valence-corrected chi connectivity index (χ3v) is 7.66. The predicted molar refractivity (Wildman–Crippen MR) is 161 cm³/mol. The van der Waals surface area contributed by atoms with Crippen LogP contribution in [0.4, 0.5) is 11.5 Å². The van der Waals surface area contributed by atoms with E-state index in [-0.39, 0.29) is 41.0 Å². The van der Waals surface area contributed by atoms with Gasteiger partial charge in [-0.25, -0.2) is 4.98 Å². The Morgan fingerprint density at radius 3 is 2.21 bits per heavy atom. The normalized spacial score (nSPS) is 16.7. The van der Waals surface area contributed by atoms with E-state index in [9.17, 15) is 19.2 Å². The molecule has 0 spiro atoms. The number of nitrogens with zero attached hydrogens (tertiary/aromatic N) is 4. The zero-order valence-corrected chi connectivity index (χ0v) is 25.2. The van der Waals surface area contributed by atoms with Crippen LogP contribution in [0.3, 0.4) is 0 Å². The number of aromatic nitrogens is 1. The number of anilines is 2. The standard InChI is InChI=1S/C31H40N6O5/c1-19-7-14-25(32-18-19)33-29(39)27-26(34-28(38)20-8-10-21(11-9-20)30(40)36(4)5)23-17-22(12-13-24(23)42-27)31(41)37(6)16-15-35(2)3/h7,12-14,17-18,20-21H,8-11,15-16H2,1-6H3,(H,34,38)(H,32,33,39). The minimum Gasteiger partial charge on any atom is -0.449 e. The van der Waals surface area contributed by atoms with Gasteiger partial charge in [0, 0.05) is 63.2 Å². The number of hydrogen-bond donors (Lipinski definition) is 2. The van der Waals surface area contributed by atoms with Crippen LogP contribution in [0.25, 0.3) is 11.0 Å². The molecule has 0 bridgehead atoms. The maximum Gasteiger partial charge on any atom is 0.294 e. The van der Waals surface area contributed by atoms with Crippen LogP contribution >= 0.6 is 0 Å². The lowest BCUT2D eigenvalue weighted by Crippen LogP contribution is -2.35. The van der Waals surface area contributed by atoms with Crippen molar-refractivity contribution in [2.45, 2.75) is 32.6 Å². The molecule has 2 heterocycles. The number of rotatable bonds is 9. The average molecular weight is 577 g/mol. The Kier molecular flexibility index (Phi) is 9.62. The van der Waals surface area contributed by atoms with Crippen LogP contribution in [0.15, 0.2) is 40.9 Å². The van der Waals surface area contributed by atoms with Gasteiger partial charge in [0.25, 0.3) is 11.8 Å². The van der Waals surface area contributed by atoms with Crippen molar-refractivity contribution < 1.29 is 23.6 Å². The number of carbonyl (C=O) groups is 4. The summed E-state index contributed by atoms with van der Waals surface area (Å²) in [7, 11) is 9.09. The summed E-state index contributed by atoms with van der Waals surface area (Å²) < 4.78 is 5.96. The number of furan rings is 1. The second-order valence-electron chi connectivity index (χ2n) is 11.5. The van der Waals surface area contributed by atoms with Crippen molar-refractivity contribution in [2.24, 2.45) is 11.8 Å². The van der Waals surface area contributed by atoms with Gasteiger partial charge in [-0.1, -0.05) is 6.07 Å². The molecule has 3 aromatic rings. The summed E-state index contributed by atoms with van der Waals surface area (Å²) in [5.74, 6) is -1.10. The largest absolute Gasteiger partial charge is 0.449 e. The van der Waals surface area contributed by atoms with Crippen LogP contribution in [0, 0.1) is 18.8 Å². The van der Waals surface area contributed by atoms with Crippen molar-refractivity contribution in [2.75, 3.05) is 59.0 Å². The van der Waals surface area contributed by atoms with Crippen molar-refractivity contribution in [3.63, 3.8) is 0 Å². The minimum atomic E-state index is -0.575. The number of carbonyl (C=O) groups excluding carboxylic acids is 4. The van der Waals surface area contributed by atoms with E-state index in [4.69, 9.17) is 4.42 Å². The Morgan fingerprint density at radius 1 is 0.905 bits per heavy atom. The maximum absolute atomic E-state index is 13.5. The Balaban J connectivity index is 1.63. The molecule has 1 aromatic carbocycles. The highest BCUT2D eigenvalue weighted by Crippen LogP contribution is 2.35. The van der Waals surface area contributed by atoms with Gasteiger partial charge in [0.2, 0.25) is 17.6 Å². The van der Waals surface area contributed by atoms with Gasteiger partial charge in [0.1, 0.15) is 17.1 Å². The second-order valence-corrected chi connectivity index (χ2v) is 11.5. The number of nitrogens with one attached hydrogen (secondary N) is 2. The summed E-state index contributed by atoms with van der Waals surface area (Å²) in [6.45, 7) is 3.14. The molecule has 224 valence electrons. The zero-order chi connectivity index (χ0) is 30.6. The van der Waals surface area contributed by atoms with Gasteiger partial charge in [-0.2, -0.15) is 0 Å². The molecule has 11 heteroatoms. The molecule has 1 fully saturated rings. The van der Waals surface area contributed by atoms with Gasteiger partial charge in [-0.05, 0) is 76.5 Å². The average Bonchev–Trinajstić information content (AvgIpc) is 3.33. The summed E-state index contributed by atoms with van der Waals surface area (Å²) in [5, 5.41) is 6.13. The molecule has 0 aliphatic heterocycles. The first-order chi connectivity index (χ1) is 19.9. The van der Waals surface area contributed by atoms with Crippen molar-refractivity contribution >= 4 is 46.1 Å². The predicted octanol–water partition coefficient (Wildman–Crippen LogP) is 3.86. The molecule has 0 radical (unpaired) electrons. The first-order valence-electron chi connectivity index (χ1n) is 14.2. The van der Waals surface area contributed by atoms with E-state index < -0.39 is 5.91 Å². The topological polar surface area (TPSA) is 128 Å². The third kappa shape index (κ3) is 7.14. The number of fused-ring (bicyclic) bond motifs is 1. The van der Waals surface area contributed by atoms with E-state index in [1.807, 2.05) is 32.0 Å². The van der Waals surface area contributed by atoms with Gasteiger partial charge >= 0.3 is 0 Å². The number of likely N-dealkylation sites (N-methyl/N-ethyl adjacent to an activating group) is 2. The molecular weight excluding hydrogens is 536 g/mol. The fraction of sp³-hybridized carbons (Fsp3) is 0.452. The van der Waals surface area contributed by atoms with Crippen molar-refractivity contribution in [1.82, 2.24) is 19.7 Å². The van der Waals surface area contributed by atoms with E-state index in [1.54, 1.807) is 61.4 Å². The van der Waals surface area contributed by atoms with Gasteiger partial charge in [0.15, 0.2) is 0 Å². The maximum atomic E-state index is 13.5. The molecule has 4 rings (SSSR count). The van der Waals surface area contributed by atoms with Crippen LogP contribution in [-0.4, -0.2) is 91.6 Å². The molecular formula is C31H40N6O5. The van der Waals surface area contributed by atoms with Gasteiger partial charge < -0.3 is 29.8 Å². The fourth-order valence-electron chi connectivity index (χ4n) is 5.09. The molecule has 1 aliphatic carbocycles. The summed E-state index contributed by atoms with van der Waals surface area (Å²) in [4.78, 5) is 61.9. The molecule has 0 saturated heterocycles. The molecule has 42 heavy (non-hydrogen) atoms. The van der Waals surface area contributed by atoms with E-state index in [0.29, 0.717) is 61.1 Å². The Hall–Kier alpha value is -4.25. The highest BCUT2D eigenvalue weighted by Gasteiger charge is 2.32. The van der Waals surface area contributed by atoms with E-state index in [0.717, 1.165) is 5.56 Å². The molecule has 11 nitrogen and oxygen atoms in total. The van der Waals surface area contributed by atoms with Crippen LogP contribution in [0.5, 0.6) is 0 Å². The lowest BCUT2D eigenvalue weighted by atomic mass is 9.81. The SMILES string of the molecule is Cc1ccc(NC(=O)c2oc3ccc(C(=O)N(C)CCN(C)C)cc3c2NC(=O)C2CCC(C(=O)N(C)C)CC2)nc1. The van der Waals surface area contributed by atoms with Gasteiger partial charge in [-0.3, -0.25) is 19.2 Å². The van der Waals surface area contributed by atoms with Crippen LogP contribution in [-0.2, 0) is 9.59 Å². The third-order valence-electron chi connectivity index (χ3n) is 7.66. The van der Waals surface area contributed by atoms with Crippen molar-refractivity contribution in [3.05, 3.63) is 53.4 Å². The number of hydrogen-bond acceptors (Lipinski definition) is 7. The molecule has 2 aromatic heterocycles. The lowest BCUT2D eigenvalue weighted by Gasteiger charge is -2.28. The summed E-state index contributed by atoms with van der Waals surface area (Å²) >= 11 is 0. The quantitative estimate of drug-likeness (QED) is 0.396. The smallest absolute Gasteiger partial charge is 0.294 e. The highest BCUT2D eigenvalue weighted by molar-refractivity contribution is 6.15. The van der Waals surface area contributed by atoms with Crippen LogP contribution < -0.4 is 10.6 Å². The lowest BCUT2D eigenvalue weighted by molar-refractivity contribution is -0.135. The minimum absolute atomic E-state index is 0.0751. The zero-order valence-electron chi connectivity index (χ0n) is 25.2. The number of benzene rings is 1. The van der Waals surface area contributed by atoms with Crippen molar-refractivity contribution in [3.8, 4) is 0 Å². The van der Waals surface area contributed by atoms with E-state index in [1.165, 1.54) is 0 Å². The second kappa shape index (κ2) is 13.2. The molecule has 1 saturated carbocycles. The summed E-state index contributed by atoms with van der Waals surface area (Å²) in [6, 6.07) is 8.44. The Morgan fingerprint density at radius 2 is 1.60 bits per heavy atom. The molecule has 4 amide bonds. The summed E-state index contributed by atoms with van der Waals surface area (Å²) in [5.41, 5.74) is 1.92. The monoisotopic (exact) mass is 576 g/mol. The first-order valence-corrected chi connectivity index (χ1v) is 14.2. The first kappa shape index (κ1) is 30.7. The van der Waals surface area contributed by atoms with Gasteiger partial charge in [-0.15, -0.1) is 0 Å². The van der Waals surface area contributed by atoms with Crippen LogP contribution in [0.2, 0.25) is 0 Å². The number of amides is 4. The highest BCUT2D eigenvalue weighted by atomic mass is 16.3.